The zero-order chi connectivity index (χ0) is 29.9. The maximum Gasteiger partial charge on any atom is 0.0665 e. The number of para-hydroxylation sites is 2. The molecule has 240 valence electrons. The van der Waals surface area contributed by atoms with Crippen molar-refractivity contribution in [2.75, 3.05) is 0 Å². The van der Waals surface area contributed by atoms with Gasteiger partial charge >= 0.3 is 0 Å². The number of hydrogen-bond acceptors (Lipinski definition) is 2. The molecule has 0 atom stereocenters. The number of unbranched alkanes of at least 4 members (excludes halogenated alkanes) is 11. The van der Waals surface area contributed by atoms with Crippen LogP contribution >= 0.6 is 0 Å². The van der Waals surface area contributed by atoms with E-state index >= 15 is 0 Å². The van der Waals surface area contributed by atoms with E-state index in [2.05, 4.69) is 93.6 Å². The van der Waals surface area contributed by atoms with Crippen LogP contribution in [0.3, 0.4) is 0 Å². The van der Waals surface area contributed by atoms with Crippen molar-refractivity contribution in [1.82, 2.24) is 0 Å². The number of hydrogen-bond donors (Lipinski definition) is 0. The summed E-state index contributed by atoms with van der Waals surface area (Å²) in [4.78, 5) is 10.1. The predicted octanol–water partition coefficient (Wildman–Crippen LogP) is 13.0. The van der Waals surface area contributed by atoms with E-state index < -0.39 is 0 Å². The Morgan fingerprint density at radius 2 is 1.00 bits per heavy atom. The zero-order valence-corrected chi connectivity index (χ0v) is 28.6. The number of allylic oxidation sites excluding steroid dienone is 4. The van der Waals surface area contributed by atoms with Crippen molar-refractivity contribution in [3.05, 3.63) is 84.0 Å². The summed E-state index contributed by atoms with van der Waals surface area (Å²) in [5, 5.41) is 0. The van der Waals surface area contributed by atoms with Crippen molar-refractivity contribution in [2.24, 2.45) is 9.98 Å². The van der Waals surface area contributed by atoms with Crippen LogP contribution in [0, 0.1) is 0 Å². The van der Waals surface area contributed by atoms with Crippen molar-refractivity contribution in [3.8, 4) is 0 Å². The van der Waals surface area contributed by atoms with Gasteiger partial charge in [-0.25, -0.2) is 0 Å². The molecule has 0 saturated carbocycles. The fraction of sp³-hybridized carbons (Fsp3) is 0.550. The van der Waals surface area contributed by atoms with E-state index in [0.717, 1.165) is 62.0 Å². The molecule has 0 fully saturated rings. The Morgan fingerprint density at radius 1 is 0.535 bits per heavy atom. The molecular formula is C40H60N2Ni. The fourth-order valence-corrected chi connectivity index (χ4v) is 5.17. The summed E-state index contributed by atoms with van der Waals surface area (Å²) >= 11 is 0. The minimum Gasteiger partial charge on any atom is -0.255 e. The molecule has 2 nitrogen and oxygen atoms in total. The van der Waals surface area contributed by atoms with Gasteiger partial charge in [0.05, 0.1) is 17.1 Å². The van der Waals surface area contributed by atoms with Crippen molar-refractivity contribution >= 4 is 23.3 Å². The first-order valence-electron chi connectivity index (χ1n) is 17.4. The van der Waals surface area contributed by atoms with E-state index in [0.29, 0.717) is 0 Å². The van der Waals surface area contributed by atoms with Crippen molar-refractivity contribution in [3.63, 3.8) is 0 Å². The van der Waals surface area contributed by atoms with E-state index in [1.54, 1.807) is 0 Å². The van der Waals surface area contributed by atoms with Gasteiger partial charge < -0.3 is 0 Å². The van der Waals surface area contributed by atoms with Crippen LogP contribution < -0.4 is 0 Å². The first-order chi connectivity index (χ1) is 20.8. The van der Waals surface area contributed by atoms with Crippen LogP contribution in [-0.2, 0) is 29.3 Å². The average Bonchev–Trinajstić information content (AvgIpc) is 3.02. The van der Waals surface area contributed by atoms with Gasteiger partial charge in [-0.2, -0.15) is 0 Å². The molecule has 0 spiro atoms. The monoisotopic (exact) mass is 626 g/mol. The molecule has 2 rings (SSSR count). The molecule has 43 heavy (non-hydrogen) atoms. The van der Waals surface area contributed by atoms with Gasteiger partial charge in [-0.3, -0.25) is 9.98 Å². The van der Waals surface area contributed by atoms with Gasteiger partial charge in [0.2, 0.25) is 0 Å². The summed E-state index contributed by atoms with van der Waals surface area (Å²) in [6, 6.07) is 17.2. The van der Waals surface area contributed by atoms with Crippen LogP contribution in [0.15, 0.2) is 82.8 Å². The molecule has 0 aliphatic carbocycles. The molecule has 0 aromatic heterocycles. The largest absolute Gasteiger partial charge is 0.255 e. The smallest absolute Gasteiger partial charge is 0.0665 e. The van der Waals surface area contributed by atoms with Crippen LogP contribution in [0.5, 0.6) is 0 Å². The molecule has 2 aromatic carbocycles. The predicted molar refractivity (Wildman–Crippen MR) is 189 cm³/mol. The van der Waals surface area contributed by atoms with Crippen LogP contribution in [-0.4, -0.2) is 11.9 Å². The van der Waals surface area contributed by atoms with E-state index in [1.165, 1.54) is 88.2 Å². The van der Waals surface area contributed by atoms with Gasteiger partial charge in [0, 0.05) is 22.7 Å². The van der Waals surface area contributed by atoms with Crippen LogP contribution in [0.25, 0.3) is 0 Å². The van der Waals surface area contributed by atoms with Gasteiger partial charge in [-0.1, -0.05) is 139 Å². The topological polar surface area (TPSA) is 24.7 Å². The van der Waals surface area contributed by atoms with Crippen LogP contribution in [0.1, 0.15) is 141 Å². The number of rotatable bonds is 24. The molecule has 0 N–H and O–H groups in total. The third-order valence-electron chi connectivity index (χ3n) is 7.83. The Balaban J connectivity index is 0.00000924. The molecule has 0 radical (unpaired) electrons. The summed E-state index contributed by atoms with van der Waals surface area (Å²) in [5.41, 5.74) is 5.88. The SMILES string of the molecule is CCCCCCCC=CCCc1ccccc1N=CC(CCCC)=Nc1ccccc1CCC=CCCCCCCC.[Ni]. The Bertz CT molecular complexity index is 1070. The maximum atomic E-state index is 5.15. The van der Waals surface area contributed by atoms with E-state index in [-0.39, 0.29) is 16.5 Å². The number of aryl methyl sites for hydroxylation is 2. The molecule has 0 bridgehead atoms. The normalized spacial score (nSPS) is 12.1. The quantitative estimate of drug-likeness (QED) is 0.0479. The molecule has 0 heterocycles. The first kappa shape index (κ1) is 38.8. The third kappa shape index (κ3) is 18.9. The fourth-order valence-electron chi connectivity index (χ4n) is 5.17. The number of aliphatic imine (C=N–C) groups is 2. The molecule has 3 heteroatoms. The van der Waals surface area contributed by atoms with Gasteiger partial charge in [-0.15, -0.1) is 0 Å². The Morgan fingerprint density at radius 3 is 1.56 bits per heavy atom. The summed E-state index contributed by atoms with van der Waals surface area (Å²) in [6.45, 7) is 6.79. The minimum atomic E-state index is 0. The van der Waals surface area contributed by atoms with Gasteiger partial charge in [0.15, 0.2) is 0 Å². The maximum absolute atomic E-state index is 5.15. The second-order valence-electron chi connectivity index (χ2n) is 11.6. The second kappa shape index (κ2) is 27.3. The Hall–Kier alpha value is -2.25. The molecule has 0 aliphatic rings. The average molecular weight is 628 g/mol. The second-order valence-corrected chi connectivity index (χ2v) is 11.6. The molecule has 2 aromatic rings. The Kier molecular flexibility index (Phi) is 24.6. The molecule has 0 saturated heterocycles. The van der Waals surface area contributed by atoms with E-state index in [9.17, 15) is 0 Å². The van der Waals surface area contributed by atoms with Crippen molar-refractivity contribution in [2.45, 2.75) is 143 Å². The number of nitrogens with zero attached hydrogens (tertiary/aromatic N) is 2. The molecule has 0 unspecified atom stereocenters. The summed E-state index contributed by atoms with van der Waals surface area (Å²) in [5.74, 6) is 0. The summed E-state index contributed by atoms with van der Waals surface area (Å²) in [7, 11) is 0. The Labute approximate surface area is 275 Å². The summed E-state index contributed by atoms with van der Waals surface area (Å²) in [6.07, 6.45) is 34.8. The minimum absolute atomic E-state index is 0. The van der Waals surface area contributed by atoms with Gasteiger partial charge in [0.1, 0.15) is 0 Å². The van der Waals surface area contributed by atoms with Crippen LogP contribution in [0.2, 0.25) is 0 Å². The number of benzene rings is 2. The van der Waals surface area contributed by atoms with Crippen molar-refractivity contribution < 1.29 is 16.5 Å². The van der Waals surface area contributed by atoms with Gasteiger partial charge in [-0.05, 0) is 87.5 Å². The van der Waals surface area contributed by atoms with Crippen LogP contribution in [0.4, 0.5) is 11.4 Å². The molecule has 0 aliphatic heterocycles. The summed E-state index contributed by atoms with van der Waals surface area (Å²) < 4.78 is 0. The first-order valence-corrected chi connectivity index (χ1v) is 17.4. The molecule has 0 amide bonds. The standard InChI is InChI=1S/C40H60N2.Ni/c1-4-7-10-12-14-16-18-20-22-28-36-30-24-26-33-39(36)41-35-38(32-9-6-3)42-40-34-27-25-31-37(40)29-23-21-19-17-15-13-11-8-5-2;/h18-21,24-27,30-31,33-35H,4-17,22-23,28-29,32H2,1-3H3;. The van der Waals surface area contributed by atoms with E-state index in [1.807, 2.05) is 6.21 Å². The third-order valence-corrected chi connectivity index (χ3v) is 7.83. The van der Waals surface area contributed by atoms with Crippen molar-refractivity contribution in [1.29, 1.82) is 0 Å². The van der Waals surface area contributed by atoms with Gasteiger partial charge in [0.25, 0.3) is 0 Å². The van der Waals surface area contributed by atoms with E-state index in [4.69, 9.17) is 9.98 Å². The zero-order valence-electron chi connectivity index (χ0n) is 27.7. The molecular weight excluding hydrogens is 567 g/mol.